The summed E-state index contributed by atoms with van der Waals surface area (Å²) in [5, 5.41) is 12.1. The van der Waals surface area contributed by atoms with Gasteiger partial charge >= 0.3 is 5.97 Å². The second-order valence-corrected chi connectivity index (χ2v) is 4.14. The first kappa shape index (κ1) is 12.6. The van der Waals surface area contributed by atoms with Crippen LogP contribution in [-0.2, 0) is 4.79 Å². The highest BCUT2D eigenvalue weighted by atomic mass is 16.4. The van der Waals surface area contributed by atoms with E-state index in [2.05, 4.69) is 5.32 Å². The Labute approximate surface area is 96.5 Å². The molecule has 0 aliphatic carbocycles. The molecule has 0 aliphatic rings. The van der Waals surface area contributed by atoms with Gasteiger partial charge in [0.1, 0.15) is 6.04 Å². The van der Waals surface area contributed by atoms with E-state index in [9.17, 15) is 4.79 Å². The molecule has 2 N–H and O–H groups in total. The molecule has 0 aliphatic heterocycles. The van der Waals surface area contributed by atoms with E-state index >= 15 is 0 Å². The summed E-state index contributed by atoms with van der Waals surface area (Å²) in [5.74, 6) is -0.790. The SMILES string of the molecule is CCC[C@H](Nc1ccc(C)cc1C)C(=O)O. The van der Waals surface area contributed by atoms with Crippen LogP contribution in [0.1, 0.15) is 30.9 Å². The Balaban J connectivity index is 2.81. The Kier molecular flexibility index (Phi) is 4.35. The van der Waals surface area contributed by atoms with Gasteiger partial charge in [0.05, 0.1) is 0 Å². The van der Waals surface area contributed by atoms with E-state index in [0.717, 1.165) is 17.7 Å². The van der Waals surface area contributed by atoms with Gasteiger partial charge in [-0.15, -0.1) is 0 Å². The first-order valence-electron chi connectivity index (χ1n) is 5.61. The summed E-state index contributed by atoms with van der Waals surface area (Å²) >= 11 is 0. The zero-order valence-electron chi connectivity index (χ0n) is 10.1. The fourth-order valence-electron chi connectivity index (χ4n) is 1.71. The molecule has 0 saturated heterocycles. The molecular weight excluding hydrogens is 202 g/mol. The van der Waals surface area contributed by atoms with Gasteiger partial charge in [-0.1, -0.05) is 31.0 Å². The maximum atomic E-state index is 11.0. The van der Waals surface area contributed by atoms with Gasteiger partial charge in [0.25, 0.3) is 0 Å². The Hall–Kier alpha value is -1.51. The van der Waals surface area contributed by atoms with Crippen LogP contribution in [0.5, 0.6) is 0 Å². The number of hydrogen-bond donors (Lipinski definition) is 2. The largest absolute Gasteiger partial charge is 0.480 e. The van der Waals surface area contributed by atoms with Gasteiger partial charge in [-0.3, -0.25) is 0 Å². The molecule has 0 unspecified atom stereocenters. The first-order chi connectivity index (χ1) is 7.54. The topological polar surface area (TPSA) is 49.3 Å². The summed E-state index contributed by atoms with van der Waals surface area (Å²) in [6, 6.07) is 5.48. The molecule has 3 nitrogen and oxygen atoms in total. The van der Waals surface area contributed by atoms with Crippen molar-refractivity contribution in [2.24, 2.45) is 0 Å². The summed E-state index contributed by atoms with van der Waals surface area (Å²) in [6.07, 6.45) is 1.50. The van der Waals surface area contributed by atoms with E-state index in [0.29, 0.717) is 6.42 Å². The summed E-state index contributed by atoms with van der Waals surface area (Å²) in [7, 11) is 0. The number of carbonyl (C=O) groups is 1. The van der Waals surface area contributed by atoms with E-state index in [4.69, 9.17) is 5.11 Å². The number of anilines is 1. The lowest BCUT2D eigenvalue weighted by Crippen LogP contribution is -2.29. The lowest BCUT2D eigenvalue weighted by molar-refractivity contribution is -0.138. The van der Waals surface area contributed by atoms with E-state index in [1.54, 1.807) is 0 Å². The highest BCUT2D eigenvalue weighted by molar-refractivity contribution is 5.77. The Morgan fingerprint density at radius 1 is 1.44 bits per heavy atom. The lowest BCUT2D eigenvalue weighted by Gasteiger charge is -2.16. The average Bonchev–Trinajstić information content (AvgIpc) is 2.20. The summed E-state index contributed by atoms with van der Waals surface area (Å²) in [5.41, 5.74) is 3.18. The maximum Gasteiger partial charge on any atom is 0.326 e. The van der Waals surface area contributed by atoms with E-state index in [1.165, 1.54) is 5.56 Å². The lowest BCUT2D eigenvalue weighted by atomic mass is 10.1. The number of aryl methyl sites for hydroxylation is 2. The van der Waals surface area contributed by atoms with Crippen molar-refractivity contribution in [2.45, 2.75) is 39.7 Å². The fourth-order valence-corrected chi connectivity index (χ4v) is 1.71. The third-order valence-corrected chi connectivity index (χ3v) is 2.59. The van der Waals surface area contributed by atoms with Gasteiger partial charge in [-0.05, 0) is 31.9 Å². The third-order valence-electron chi connectivity index (χ3n) is 2.59. The van der Waals surface area contributed by atoms with Crippen molar-refractivity contribution in [1.29, 1.82) is 0 Å². The fraction of sp³-hybridized carbons (Fsp3) is 0.462. The van der Waals surface area contributed by atoms with Gasteiger partial charge in [-0.2, -0.15) is 0 Å². The van der Waals surface area contributed by atoms with Crippen molar-refractivity contribution >= 4 is 11.7 Å². The molecule has 0 radical (unpaired) electrons. The monoisotopic (exact) mass is 221 g/mol. The Bertz CT molecular complexity index is 374. The normalized spacial score (nSPS) is 12.2. The number of nitrogens with one attached hydrogen (secondary N) is 1. The summed E-state index contributed by atoms with van der Waals surface area (Å²) < 4.78 is 0. The number of benzene rings is 1. The highest BCUT2D eigenvalue weighted by Crippen LogP contribution is 2.18. The van der Waals surface area contributed by atoms with E-state index in [-0.39, 0.29) is 0 Å². The van der Waals surface area contributed by atoms with Crippen LogP contribution in [0.2, 0.25) is 0 Å². The van der Waals surface area contributed by atoms with Crippen molar-refractivity contribution in [3.63, 3.8) is 0 Å². The van der Waals surface area contributed by atoms with Crippen molar-refractivity contribution < 1.29 is 9.90 Å². The molecule has 3 heteroatoms. The van der Waals surface area contributed by atoms with Crippen LogP contribution in [0, 0.1) is 13.8 Å². The second-order valence-electron chi connectivity index (χ2n) is 4.14. The van der Waals surface area contributed by atoms with Gasteiger partial charge < -0.3 is 10.4 Å². The van der Waals surface area contributed by atoms with Gasteiger partial charge in [0.15, 0.2) is 0 Å². The van der Waals surface area contributed by atoms with E-state index in [1.807, 2.05) is 39.0 Å². The van der Waals surface area contributed by atoms with Crippen LogP contribution in [0.25, 0.3) is 0 Å². The number of rotatable bonds is 5. The molecule has 0 bridgehead atoms. The number of hydrogen-bond acceptors (Lipinski definition) is 2. The molecule has 1 atom stereocenters. The molecule has 88 valence electrons. The molecule has 0 amide bonds. The van der Waals surface area contributed by atoms with Gasteiger partial charge in [-0.25, -0.2) is 4.79 Å². The predicted molar refractivity (Wildman–Crippen MR) is 65.9 cm³/mol. The Morgan fingerprint density at radius 2 is 2.12 bits per heavy atom. The molecule has 0 fully saturated rings. The van der Waals surface area contributed by atoms with Crippen LogP contribution >= 0.6 is 0 Å². The van der Waals surface area contributed by atoms with Crippen LogP contribution in [-0.4, -0.2) is 17.1 Å². The number of carboxylic acids is 1. The van der Waals surface area contributed by atoms with Crippen molar-refractivity contribution in [3.8, 4) is 0 Å². The zero-order chi connectivity index (χ0) is 12.1. The van der Waals surface area contributed by atoms with E-state index < -0.39 is 12.0 Å². The van der Waals surface area contributed by atoms with Crippen molar-refractivity contribution in [1.82, 2.24) is 0 Å². The third kappa shape index (κ3) is 3.26. The molecule has 0 aromatic heterocycles. The quantitative estimate of drug-likeness (QED) is 0.803. The molecule has 0 saturated carbocycles. The number of carboxylic acid groups (broad SMARTS) is 1. The van der Waals surface area contributed by atoms with Crippen molar-refractivity contribution in [2.75, 3.05) is 5.32 Å². The van der Waals surface area contributed by atoms with Crippen molar-refractivity contribution in [3.05, 3.63) is 29.3 Å². The highest BCUT2D eigenvalue weighted by Gasteiger charge is 2.16. The molecule has 1 rings (SSSR count). The van der Waals surface area contributed by atoms with Crippen LogP contribution in [0.3, 0.4) is 0 Å². The molecule has 0 heterocycles. The predicted octanol–water partition coefficient (Wildman–Crippen LogP) is 2.97. The molecule has 1 aromatic carbocycles. The van der Waals surface area contributed by atoms with Crippen LogP contribution in [0.4, 0.5) is 5.69 Å². The van der Waals surface area contributed by atoms with Crippen LogP contribution in [0.15, 0.2) is 18.2 Å². The number of aliphatic carboxylic acids is 1. The molecule has 16 heavy (non-hydrogen) atoms. The standard InChI is InChI=1S/C13H19NO2/c1-4-5-12(13(15)16)14-11-7-6-9(2)8-10(11)3/h6-8,12,14H,4-5H2,1-3H3,(H,15,16)/t12-/m0/s1. The Morgan fingerprint density at radius 3 is 2.62 bits per heavy atom. The average molecular weight is 221 g/mol. The molecule has 0 spiro atoms. The minimum absolute atomic E-state index is 0.494. The smallest absolute Gasteiger partial charge is 0.326 e. The van der Waals surface area contributed by atoms with Gasteiger partial charge in [0, 0.05) is 5.69 Å². The first-order valence-corrected chi connectivity index (χ1v) is 5.61. The second kappa shape index (κ2) is 5.54. The molecule has 1 aromatic rings. The maximum absolute atomic E-state index is 11.0. The minimum Gasteiger partial charge on any atom is -0.480 e. The zero-order valence-corrected chi connectivity index (χ0v) is 10.1. The molecular formula is C13H19NO2. The van der Waals surface area contributed by atoms with Crippen LogP contribution < -0.4 is 5.32 Å². The summed E-state index contributed by atoms with van der Waals surface area (Å²) in [4.78, 5) is 11.0. The minimum atomic E-state index is -0.790. The van der Waals surface area contributed by atoms with Gasteiger partial charge in [0.2, 0.25) is 0 Å². The summed E-state index contributed by atoms with van der Waals surface area (Å²) in [6.45, 7) is 6.00.